The number of hydrogen-bond acceptors (Lipinski definition) is 5. The predicted octanol–water partition coefficient (Wildman–Crippen LogP) is 1.77. The van der Waals surface area contributed by atoms with Crippen LogP contribution in [-0.2, 0) is 4.43 Å². The summed E-state index contributed by atoms with van der Waals surface area (Å²) in [5.74, 6) is 0.639. The normalized spacial score (nSPS) is 10.3. The number of anilines is 3. The molecule has 0 bridgehead atoms. The third kappa shape index (κ3) is 3.18. The van der Waals surface area contributed by atoms with E-state index in [2.05, 4.69) is 43.1 Å². The highest BCUT2D eigenvalue weighted by Gasteiger charge is 2.13. The SMILES string of the molecule is CN(C)C(=O)c1ccc(Nc2n[nH]c(N)n2)cc1CI. The Morgan fingerprint density at radius 3 is 2.80 bits per heavy atom. The Balaban J connectivity index is 2.27. The minimum absolute atomic E-state index is 0.00893. The van der Waals surface area contributed by atoms with Crippen LogP contribution in [0.4, 0.5) is 17.6 Å². The average molecular weight is 386 g/mol. The van der Waals surface area contributed by atoms with Gasteiger partial charge in [-0.3, -0.25) is 4.79 Å². The summed E-state index contributed by atoms with van der Waals surface area (Å²) in [6, 6.07) is 5.53. The first kappa shape index (κ1) is 14.6. The summed E-state index contributed by atoms with van der Waals surface area (Å²) in [7, 11) is 3.48. The summed E-state index contributed by atoms with van der Waals surface area (Å²) in [6.45, 7) is 0. The molecule has 1 aromatic heterocycles. The Morgan fingerprint density at radius 2 is 2.25 bits per heavy atom. The number of rotatable bonds is 4. The van der Waals surface area contributed by atoms with Gasteiger partial charge in [0.1, 0.15) is 0 Å². The van der Waals surface area contributed by atoms with Crippen molar-refractivity contribution < 1.29 is 4.79 Å². The zero-order chi connectivity index (χ0) is 14.7. The lowest BCUT2D eigenvalue weighted by Crippen LogP contribution is -2.22. The topological polar surface area (TPSA) is 99.9 Å². The van der Waals surface area contributed by atoms with Gasteiger partial charge in [0, 0.05) is 29.8 Å². The lowest BCUT2D eigenvalue weighted by molar-refractivity contribution is 0.0827. The fourth-order valence-corrected chi connectivity index (χ4v) is 2.32. The number of nitrogen functional groups attached to an aromatic ring is 1. The number of carbonyl (C=O) groups is 1. The highest BCUT2D eigenvalue weighted by atomic mass is 127. The average Bonchev–Trinajstić information content (AvgIpc) is 2.83. The van der Waals surface area contributed by atoms with Gasteiger partial charge in [0.2, 0.25) is 11.9 Å². The molecular weight excluding hydrogens is 371 g/mol. The first-order valence-corrected chi connectivity index (χ1v) is 7.39. The van der Waals surface area contributed by atoms with Crippen molar-refractivity contribution in [2.45, 2.75) is 4.43 Å². The molecule has 0 spiro atoms. The maximum absolute atomic E-state index is 12.1. The molecule has 0 saturated carbocycles. The number of aromatic amines is 1. The Bertz CT molecular complexity index is 624. The van der Waals surface area contributed by atoms with Gasteiger partial charge < -0.3 is 16.0 Å². The zero-order valence-electron chi connectivity index (χ0n) is 11.1. The van der Waals surface area contributed by atoms with Crippen molar-refractivity contribution in [3.8, 4) is 0 Å². The van der Waals surface area contributed by atoms with Crippen LogP contribution in [0.5, 0.6) is 0 Å². The van der Waals surface area contributed by atoms with Gasteiger partial charge in [-0.25, -0.2) is 5.10 Å². The zero-order valence-corrected chi connectivity index (χ0v) is 13.3. The van der Waals surface area contributed by atoms with Gasteiger partial charge in [-0.2, -0.15) is 4.98 Å². The van der Waals surface area contributed by atoms with Crippen LogP contribution in [0.1, 0.15) is 15.9 Å². The largest absolute Gasteiger partial charge is 0.368 e. The molecule has 0 radical (unpaired) electrons. The molecule has 0 aliphatic rings. The maximum Gasteiger partial charge on any atom is 0.253 e. The number of nitrogens with one attached hydrogen (secondary N) is 2. The van der Waals surface area contributed by atoms with E-state index in [1.54, 1.807) is 25.1 Å². The van der Waals surface area contributed by atoms with Crippen LogP contribution in [0, 0.1) is 0 Å². The second-order valence-electron chi connectivity index (χ2n) is 4.37. The van der Waals surface area contributed by atoms with Crippen molar-refractivity contribution in [3.63, 3.8) is 0 Å². The van der Waals surface area contributed by atoms with E-state index in [-0.39, 0.29) is 11.9 Å². The summed E-state index contributed by atoms with van der Waals surface area (Å²) < 4.78 is 0.734. The molecular formula is C12H15IN6O. The smallest absolute Gasteiger partial charge is 0.253 e. The molecule has 0 saturated heterocycles. The number of carbonyl (C=O) groups excluding carboxylic acids is 1. The molecule has 1 aromatic carbocycles. The number of H-pyrrole nitrogens is 1. The maximum atomic E-state index is 12.1. The first-order chi connectivity index (χ1) is 9.51. The van der Waals surface area contributed by atoms with Crippen LogP contribution in [0.25, 0.3) is 0 Å². The van der Waals surface area contributed by atoms with Gasteiger partial charge in [0.25, 0.3) is 5.91 Å². The van der Waals surface area contributed by atoms with E-state index in [9.17, 15) is 4.79 Å². The number of alkyl halides is 1. The fraction of sp³-hybridized carbons (Fsp3) is 0.250. The summed E-state index contributed by atoms with van der Waals surface area (Å²) in [5.41, 5.74) is 7.93. The van der Waals surface area contributed by atoms with Crippen molar-refractivity contribution in [1.29, 1.82) is 0 Å². The summed E-state index contributed by atoms with van der Waals surface area (Å²) in [5, 5.41) is 9.49. The Kier molecular flexibility index (Phi) is 4.42. The van der Waals surface area contributed by atoms with E-state index >= 15 is 0 Å². The number of benzene rings is 1. The van der Waals surface area contributed by atoms with Crippen LogP contribution >= 0.6 is 22.6 Å². The van der Waals surface area contributed by atoms with Crippen LogP contribution in [-0.4, -0.2) is 40.1 Å². The van der Waals surface area contributed by atoms with Gasteiger partial charge in [-0.05, 0) is 23.8 Å². The van der Waals surface area contributed by atoms with E-state index < -0.39 is 0 Å². The molecule has 0 unspecified atom stereocenters. The third-order valence-corrected chi connectivity index (χ3v) is 3.47. The Labute approximate surface area is 130 Å². The van der Waals surface area contributed by atoms with E-state index in [1.807, 2.05) is 12.1 Å². The lowest BCUT2D eigenvalue weighted by atomic mass is 10.1. The van der Waals surface area contributed by atoms with Crippen molar-refractivity contribution in [3.05, 3.63) is 29.3 Å². The molecule has 2 rings (SSSR count). The first-order valence-electron chi connectivity index (χ1n) is 5.86. The summed E-state index contributed by atoms with van der Waals surface area (Å²) in [6.07, 6.45) is 0. The molecule has 0 atom stereocenters. The highest BCUT2D eigenvalue weighted by Crippen LogP contribution is 2.21. The number of halogens is 1. The summed E-state index contributed by atoms with van der Waals surface area (Å²) in [4.78, 5) is 17.6. The molecule has 1 heterocycles. The molecule has 4 N–H and O–H groups in total. The minimum Gasteiger partial charge on any atom is -0.368 e. The van der Waals surface area contributed by atoms with Gasteiger partial charge in [-0.1, -0.05) is 22.6 Å². The van der Waals surface area contributed by atoms with Crippen molar-refractivity contribution in [2.75, 3.05) is 25.1 Å². The minimum atomic E-state index is -0.00893. The predicted molar refractivity (Wildman–Crippen MR) is 86.3 cm³/mol. The lowest BCUT2D eigenvalue weighted by Gasteiger charge is -2.14. The van der Waals surface area contributed by atoms with Crippen LogP contribution < -0.4 is 11.1 Å². The van der Waals surface area contributed by atoms with Crippen molar-refractivity contribution in [2.24, 2.45) is 0 Å². The van der Waals surface area contributed by atoms with Crippen molar-refractivity contribution in [1.82, 2.24) is 20.1 Å². The van der Waals surface area contributed by atoms with E-state index in [0.29, 0.717) is 11.5 Å². The summed E-state index contributed by atoms with van der Waals surface area (Å²) >= 11 is 2.23. The Morgan fingerprint density at radius 1 is 1.50 bits per heavy atom. The molecule has 2 aromatic rings. The molecule has 0 aliphatic carbocycles. The Hall–Kier alpha value is -1.84. The van der Waals surface area contributed by atoms with Gasteiger partial charge in [-0.15, -0.1) is 5.10 Å². The van der Waals surface area contributed by atoms with Crippen LogP contribution in [0.2, 0.25) is 0 Å². The molecule has 8 heteroatoms. The number of hydrogen-bond donors (Lipinski definition) is 3. The van der Waals surface area contributed by atoms with Crippen molar-refractivity contribution >= 4 is 46.1 Å². The number of nitrogens with zero attached hydrogens (tertiary/aromatic N) is 3. The van der Waals surface area contributed by atoms with Gasteiger partial charge in [0.05, 0.1) is 0 Å². The van der Waals surface area contributed by atoms with Crippen LogP contribution in [0.15, 0.2) is 18.2 Å². The molecule has 20 heavy (non-hydrogen) atoms. The standard InChI is InChI=1S/C12H15IN6O/c1-19(2)10(20)9-4-3-8(5-7(9)6-13)15-12-16-11(14)17-18-12/h3-5H,6H2,1-2H3,(H4,14,15,16,17,18). The quantitative estimate of drug-likeness (QED) is 0.550. The number of nitrogens with two attached hydrogens (primary N) is 1. The van der Waals surface area contributed by atoms with E-state index in [0.717, 1.165) is 15.7 Å². The monoisotopic (exact) mass is 386 g/mol. The number of aromatic nitrogens is 3. The highest BCUT2D eigenvalue weighted by molar-refractivity contribution is 14.1. The number of amides is 1. The molecule has 7 nitrogen and oxygen atoms in total. The van der Waals surface area contributed by atoms with E-state index in [4.69, 9.17) is 5.73 Å². The molecule has 106 valence electrons. The fourth-order valence-electron chi connectivity index (χ4n) is 1.69. The van der Waals surface area contributed by atoms with E-state index in [1.165, 1.54) is 0 Å². The van der Waals surface area contributed by atoms with Gasteiger partial charge in [0.15, 0.2) is 0 Å². The van der Waals surface area contributed by atoms with Gasteiger partial charge >= 0.3 is 0 Å². The van der Waals surface area contributed by atoms with Crippen LogP contribution in [0.3, 0.4) is 0 Å². The molecule has 0 fully saturated rings. The molecule has 1 amide bonds. The third-order valence-electron chi connectivity index (χ3n) is 2.64. The molecule has 0 aliphatic heterocycles. The second-order valence-corrected chi connectivity index (χ2v) is 5.14. The second kappa shape index (κ2) is 6.07.